The predicted octanol–water partition coefficient (Wildman–Crippen LogP) is 5.73. The van der Waals surface area contributed by atoms with E-state index in [0.717, 1.165) is 55.4 Å². The molecule has 2 heterocycles. The highest BCUT2D eigenvalue weighted by atomic mass is 35.5. The fourth-order valence-corrected chi connectivity index (χ4v) is 6.23. The van der Waals surface area contributed by atoms with E-state index in [1.165, 1.54) is 11.1 Å². The van der Waals surface area contributed by atoms with E-state index in [-0.39, 0.29) is 11.2 Å². The lowest BCUT2D eigenvalue weighted by Crippen LogP contribution is -2.42. The Morgan fingerprint density at radius 2 is 1.79 bits per heavy atom. The second-order valence-corrected chi connectivity index (χ2v) is 11.9. The zero-order valence-electron chi connectivity index (χ0n) is 22.6. The van der Waals surface area contributed by atoms with Crippen molar-refractivity contribution in [3.8, 4) is 6.07 Å². The number of morpholine rings is 1. The van der Waals surface area contributed by atoms with Crippen LogP contribution < -0.4 is 10.6 Å². The van der Waals surface area contributed by atoms with Crippen molar-refractivity contribution in [2.75, 3.05) is 31.2 Å². The lowest BCUT2D eigenvalue weighted by Gasteiger charge is -2.44. The van der Waals surface area contributed by atoms with E-state index in [9.17, 15) is 10.1 Å². The zero-order chi connectivity index (χ0) is 27.2. The van der Waals surface area contributed by atoms with Crippen LogP contribution >= 0.6 is 11.6 Å². The molecule has 3 aliphatic rings. The summed E-state index contributed by atoms with van der Waals surface area (Å²) in [6.07, 6.45) is 1.11. The molecule has 2 aromatic rings. The Morgan fingerprint density at radius 3 is 2.45 bits per heavy atom. The topological polar surface area (TPSA) is 82.6 Å². The summed E-state index contributed by atoms with van der Waals surface area (Å²) in [6.45, 7) is 12.5. The Hall–Kier alpha value is -3.11. The number of aryl methyl sites for hydroxylation is 2. The molecule has 6 nitrogen and oxygen atoms in total. The van der Waals surface area contributed by atoms with Crippen LogP contribution in [0, 0.1) is 30.6 Å². The van der Waals surface area contributed by atoms with Gasteiger partial charge in [0.15, 0.2) is 5.78 Å². The van der Waals surface area contributed by atoms with Gasteiger partial charge in [0.05, 0.1) is 30.8 Å². The lowest BCUT2D eigenvalue weighted by molar-refractivity contribution is -0.118. The Bertz CT molecular complexity index is 1380. The minimum Gasteiger partial charge on any atom is -0.384 e. The van der Waals surface area contributed by atoms with E-state index in [4.69, 9.17) is 22.1 Å². The fourth-order valence-electron chi connectivity index (χ4n) is 6.10. The first-order valence-corrected chi connectivity index (χ1v) is 13.6. The van der Waals surface area contributed by atoms with Gasteiger partial charge in [0.2, 0.25) is 0 Å². The Labute approximate surface area is 230 Å². The number of ether oxygens (including phenoxy) is 1. The number of Topliss-reactive ketones (excluding diaryl/α,β-unsaturated/α-hetero) is 1. The molecule has 0 saturated carbocycles. The number of nitrogens with two attached hydrogens (primary N) is 1. The van der Waals surface area contributed by atoms with Crippen molar-refractivity contribution in [2.45, 2.75) is 53.0 Å². The third-order valence-electron chi connectivity index (χ3n) is 8.00. The minimum atomic E-state index is -0.494. The normalized spacial score (nSPS) is 21.9. The van der Waals surface area contributed by atoms with Crippen LogP contribution in [-0.4, -0.2) is 37.0 Å². The molecule has 0 unspecified atom stereocenters. The molecule has 0 bridgehead atoms. The molecule has 38 heavy (non-hydrogen) atoms. The number of halogens is 1. The van der Waals surface area contributed by atoms with Crippen molar-refractivity contribution in [1.82, 2.24) is 4.90 Å². The highest BCUT2D eigenvalue weighted by Gasteiger charge is 2.45. The second kappa shape index (κ2) is 10.2. The molecule has 1 atom stereocenters. The molecular weight excluding hydrogens is 496 g/mol. The van der Waals surface area contributed by atoms with Gasteiger partial charge in [-0.1, -0.05) is 37.6 Å². The van der Waals surface area contributed by atoms with Gasteiger partial charge in [-0.2, -0.15) is 5.26 Å². The predicted molar refractivity (Wildman–Crippen MR) is 151 cm³/mol. The third-order valence-corrected chi connectivity index (χ3v) is 8.25. The summed E-state index contributed by atoms with van der Waals surface area (Å²) >= 11 is 6.18. The third kappa shape index (κ3) is 4.87. The SMILES string of the molecule is Cc1cc(C)c([C@@H]2C(C#N)=C(N)N(c3ccc(Cl)cc3)C3=C2C(=O)CC(C)(C)C3)cc1CN1CCOCC1. The van der Waals surface area contributed by atoms with Crippen molar-refractivity contribution in [3.63, 3.8) is 0 Å². The Kier molecular flexibility index (Phi) is 7.13. The molecule has 0 spiro atoms. The number of ketones is 1. The van der Waals surface area contributed by atoms with E-state index >= 15 is 0 Å². The van der Waals surface area contributed by atoms with Crippen molar-refractivity contribution in [2.24, 2.45) is 11.1 Å². The smallest absolute Gasteiger partial charge is 0.162 e. The Morgan fingerprint density at radius 1 is 1.11 bits per heavy atom. The number of rotatable bonds is 4. The van der Waals surface area contributed by atoms with Crippen LogP contribution in [0.15, 0.2) is 59.1 Å². The number of anilines is 1. The van der Waals surface area contributed by atoms with E-state index in [0.29, 0.717) is 34.8 Å². The summed E-state index contributed by atoms with van der Waals surface area (Å²) in [5, 5.41) is 11.1. The van der Waals surface area contributed by atoms with E-state index in [2.05, 4.69) is 50.8 Å². The summed E-state index contributed by atoms with van der Waals surface area (Å²) in [5.74, 6) is -0.0415. The van der Waals surface area contributed by atoms with Gasteiger partial charge in [0.1, 0.15) is 5.82 Å². The summed E-state index contributed by atoms with van der Waals surface area (Å²) in [6, 6.07) is 14.2. The van der Waals surface area contributed by atoms with Gasteiger partial charge >= 0.3 is 0 Å². The van der Waals surface area contributed by atoms with Crippen molar-refractivity contribution in [3.05, 3.63) is 86.3 Å². The first-order valence-electron chi connectivity index (χ1n) is 13.2. The molecule has 2 aromatic carbocycles. The highest BCUT2D eigenvalue weighted by molar-refractivity contribution is 6.30. The van der Waals surface area contributed by atoms with Gasteiger partial charge in [-0.05, 0) is 72.2 Å². The van der Waals surface area contributed by atoms with Crippen LogP contribution in [0.4, 0.5) is 5.69 Å². The number of benzene rings is 2. The first-order chi connectivity index (χ1) is 18.1. The van der Waals surface area contributed by atoms with Crippen LogP contribution in [0.1, 0.15) is 54.9 Å². The van der Waals surface area contributed by atoms with Gasteiger partial charge in [-0.25, -0.2) is 0 Å². The molecule has 198 valence electrons. The quantitative estimate of drug-likeness (QED) is 0.543. The molecule has 1 saturated heterocycles. The van der Waals surface area contributed by atoms with Gasteiger partial charge in [0, 0.05) is 48.0 Å². The molecule has 5 rings (SSSR count). The maximum absolute atomic E-state index is 13.9. The van der Waals surface area contributed by atoms with E-state index in [1.54, 1.807) is 12.1 Å². The van der Waals surface area contributed by atoms with E-state index in [1.807, 2.05) is 17.0 Å². The molecular formula is C31H35ClN4O2. The minimum absolute atomic E-state index is 0.0789. The second-order valence-electron chi connectivity index (χ2n) is 11.5. The molecule has 0 radical (unpaired) electrons. The number of allylic oxidation sites excluding steroid dienone is 3. The summed E-state index contributed by atoms with van der Waals surface area (Å²) < 4.78 is 5.53. The molecule has 1 aliphatic carbocycles. The van der Waals surface area contributed by atoms with E-state index < -0.39 is 5.92 Å². The summed E-state index contributed by atoms with van der Waals surface area (Å²) in [4.78, 5) is 18.2. The largest absolute Gasteiger partial charge is 0.384 e. The maximum Gasteiger partial charge on any atom is 0.162 e. The van der Waals surface area contributed by atoms with Gasteiger partial charge in [0.25, 0.3) is 0 Å². The van der Waals surface area contributed by atoms with Gasteiger partial charge in [-0.15, -0.1) is 0 Å². The number of hydrogen-bond acceptors (Lipinski definition) is 6. The molecule has 0 amide bonds. The number of carbonyl (C=O) groups excluding carboxylic acids is 1. The molecule has 7 heteroatoms. The summed E-state index contributed by atoms with van der Waals surface area (Å²) in [5.41, 5.74) is 13.8. The molecule has 2 aliphatic heterocycles. The van der Waals surface area contributed by atoms with Crippen molar-refractivity contribution >= 4 is 23.1 Å². The van der Waals surface area contributed by atoms with Gasteiger partial charge < -0.3 is 10.5 Å². The molecule has 2 N–H and O–H groups in total. The number of hydrogen-bond donors (Lipinski definition) is 1. The number of nitrogens with zero attached hydrogens (tertiary/aromatic N) is 3. The van der Waals surface area contributed by atoms with Crippen LogP contribution in [-0.2, 0) is 16.1 Å². The number of carbonyl (C=O) groups is 1. The first kappa shape index (κ1) is 26.5. The lowest BCUT2D eigenvalue weighted by atomic mass is 9.68. The highest BCUT2D eigenvalue weighted by Crippen LogP contribution is 2.51. The monoisotopic (exact) mass is 530 g/mol. The molecule has 1 fully saturated rings. The molecule has 0 aromatic heterocycles. The fraction of sp³-hybridized carbons (Fsp3) is 0.419. The Balaban J connectivity index is 1.69. The number of nitriles is 1. The standard InChI is InChI=1S/C31H35ClN4O2/c1-19-13-20(2)24(14-21(19)18-35-9-11-38-12-10-35)28-25(17-33)30(34)36(23-7-5-22(32)6-8-23)26-15-31(3,4)16-27(37)29(26)28/h5-8,13-14,28H,9-12,15-16,18,34H2,1-4H3/t28-/m1/s1. The van der Waals surface area contributed by atoms with Crippen LogP contribution in [0.5, 0.6) is 0 Å². The average molecular weight is 531 g/mol. The maximum atomic E-state index is 13.9. The summed E-state index contributed by atoms with van der Waals surface area (Å²) in [7, 11) is 0. The zero-order valence-corrected chi connectivity index (χ0v) is 23.4. The van der Waals surface area contributed by atoms with Crippen molar-refractivity contribution < 1.29 is 9.53 Å². The average Bonchev–Trinajstić information content (AvgIpc) is 2.86. The van der Waals surface area contributed by atoms with Gasteiger partial charge in [-0.3, -0.25) is 14.6 Å². The van der Waals surface area contributed by atoms with Crippen molar-refractivity contribution in [1.29, 1.82) is 5.26 Å². The van der Waals surface area contributed by atoms with Crippen LogP contribution in [0.25, 0.3) is 0 Å². The van der Waals surface area contributed by atoms with Crippen LogP contribution in [0.3, 0.4) is 0 Å². The van der Waals surface area contributed by atoms with Crippen LogP contribution in [0.2, 0.25) is 5.02 Å².